The van der Waals surface area contributed by atoms with Crippen molar-refractivity contribution in [3.05, 3.63) is 11.6 Å². The average Bonchev–Trinajstić information content (AvgIpc) is 2.89. The number of hydrogen-bond acceptors (Lipinski definition) is 6. The van der Waals surface area contributed by atoms with E-state index in [-0.39, 0.29) is 0 Å². The third-order valence-electron chi connectivity index (χ3n) is 4.00. The second-order valence-corrected chi connectivity index (χ2v) is 9.51. The van der Waals surface area contributed by atoms with Gasteiger partial charge in [0.2, 0.25) is 0 Å². The minimum atomic E-state index is -3.03. The summed E-state index contributed by atoms with van der Waals surface area (Å²) in [4.78, 5) is 6.62. The molecule has 1 N–H and O–H groups in total. The Morgan fingerprint density at radius 2 is 2.10 bits per heavy atom. The normalized spacial score (nSPS) is 18.4. The molecule has 1 aliphatic rings. The second kappa shape index (κ2) is 5.99. The molecule has 1 aromatic rings. The molecule has 0 bridgehead atoms. The van der Waals surface area contributed by atoms with Crippen LogP contribution in [0, 0.1) is 0 Å². The first-order valence-corrected chi connectivity index (χ1v) is 9.64. The molecule has 7 heteroatoms. The van der Waals surface area contributed by atoms with Crippen molar-refractivity contribution in [1.29, 1.82) is 0 Å². The van der Waals surface area contributed by atoms with Gasteiger partial charge in [0.05, 0.1) is 4.75 Å². The molecule has 0 amide bonds. The topological polar surface area (TPSA) is 62.3 Å². The van der Waals surface area contributed by atoms with Crippen LogP contribution in [-0.2, 0) is 9.84 Å². The molecule has 1 aliphatic heterocycles. The molecular weight excluding hydrogens is 294 g/mol. The van der Waals surface area contributed by atoms with E-state index < -0.39 is 14.6 Å². The van der Waals surface area contributed by atoms with Crippen molar-refractivity contribution in [2.24, 2.45) is 0 Å². The van der Waals surface area contributed by atoms with Crippen molar-refractivity contribution in [3.63, 3.8) is 0 Å². The van der Waals surface area contributed by atoms with Gasteiger partial charge in [-0.25, -0.2) is 13.4 Å². The van der Waals surface area contributed by atoms with Gasteiger partial charge >= 0.3 is 0 Å². The molecule has 2 heterocycles. The van der Waals surface area contributed by atoms with Crippen LogP contribution in [0.2, 0.25) is 0 Å². The first-order valence-electron chi connectivity index (χ1n) is 6.87. The maximum atomic E-state index is 11.7. The number of anilines is 1. The molecule has 1 aromatic heterocycles. The Hall–Kier alpha value is -0.660. The Labute approximate surface area is 125 Å². The van der Waals surface area contributed by atoms with E-state index in [4.69, 9.17) is 0 Å². The summed E-state index contributed by atoms with van der Waals surface area (Å²) >= 11 is 1.67. The molecule has 0 unspecified atom stereocenters. The fraction of sp³-hybridized carbons (Fsp3) is 0.769. The van der Waals surface area contributed by atoms with Gasteiger partial charge < -0.3 is 10.2 Å². The summed E-state index contributed by atoms with van der Waals surface area (Å²) in [7, 11) is -3.03. The summed E-state index contributed by atoms with van der Waals surface area (Å²) in [5.41, 5.74) is 0. The van der Waals surface area contributed by atoms with E-state index in [2.05, 4.69) is 15.2 Å². The third kappa shape index (κ3) is 3.71. The van der Waals surface area contributed by atoms with Crippen molar-refractivity contribution in [3.8, 4) is 0 Å². The first-order chi connectivity index (χ1) is 9.29. The van der Waals surface area contributed by atoms with Crippen molar-refractivity contribution in [1.82, 2.24) is 10.3 Å². The van der Waals surface area contributed by atoms with Gasteiger partial charge in [-0.15, -0.1) is 11.3 Å². The van der Waals surface area contributed by atoms with E-state index in [1.165, 1.54) is 6.26 Å². The smallest absolute Gasteiger partial charge is 0.185 e. The molecule has 20 heavy (non-hydrogen) atoms. The lowest BCUT2D eigenvalue weighted by Gasteiger charge is -2.34. The molecule has 1 saturated heterocycles. The lowest BCUT2D eigenvalue weighted by molar-refractivity contribution is 0.395. The van der Waals surface area contributed by atoms with Gasteiger partial charge in [0, 0.05) is 43.5 Å². The Morgan fingerprint density at radius 1 is 1.45 bits per heavy atom. The van der Waals surface area contributed by atoms with Crippen LogP contribution >= 0.6 is 11.3 Å². The largest absolute Gasteiger partial charge is 0.348 e. The lowest BCUT2D eigenvalue weighted by Crippen LogP contribution is -2.49. The molecule has 1 fully saturated rings. The van der Waals surface area contributed by atoms with E-state index >= 15 is 0 Å². The zero-order valence-electron chi connectivity index (χ0n) is 12.3. The molecule has 0 radical (unpaired) electrons. The zero-order valence-corrected chi connectivity index (χ0v) is 13.9. The quantitative estimate of drug-likeness (QED) is 0.892. The molecule has 0 saturated carbocycles. The molecule has 0 atom stereocenters. The Morgan fingerprint density at radius 3 is 2.60 bits per heavy atom. The Balaban J connectivity index is 1.81. The number of nitrogens with zero attached hydrogens (tertiary/aromatic N) is 2. The second-order valence-electron chi connectivity index (χ2n) is 5.99. The van der Waals surface area contributed by atoms with Gasteiger partial charge in [-0.2, -0.15) is 0 Å². The lowest BCUT2D eigenvalue weighted by atomic mass is 10.0. The molecule has 0 spiro atoms. The first kappa shape index (κ1) is 15.7. The van der Waals surface area contributed by atoms with Crippen LogP contribution in [0.15, 0.2) is 11.6 Å². The highest BCUT2D eigenvalue weighted by atomic mass is 32.2. The fourth-order valence-corrected chi connectivity index (χ4v) is 3.21. The summed E-state index contributed by atoms with van der Waals surface area (Å²) in [5, 5.41) is 6.49. The van der Waals surface area contributed by atoms with Crippen LogP contribution in [0.5, 0.6) is 0 Å². The molecule has 5 nitrogen and oxygen atoms in total. The molecular formula is C13H23N3O2S2. The predicted octanol–water partition coefficient (Wildman–Crippen LogP) is 1.52. The number of hydrogen-bond donors (Lipinski definition) is 1. The van der Waals surface area contributed by atoms with Gasteiger partial charge in [-0.3, -0.25) is 0 Å². The third-order valence-corrected chi connectivity index (χ3v) is 6.99. The number of nitrogens with one attached hydrogen (secondary N) is 1. The summed E-state index contributed by atoms with van der Waals surface area (Å²) in [6, 6.07) is 0.396. The maximum absolute atomic E-state index is 11.7. The minimum Gasteiger partial charge on any atom is -0.348 e. The average molecular weight is 317 g/mol. The van der Waals surface area contributed by atoms with E-state index in [1.807, 2.05) is 11.6 Å². The van der Waals surface area contributed by atoms with Crippen molar-refractivity contribution >= 4 is 26.3 Å². The maximum Gasteiger partial charge on any atom is 0.185 e. The summed E-state index contributed by atoms with van der Waals surface area (Å²) in [6.45, 7) is 6.02. The standard InChI is InChI=1S/C13H23N3O2S2/c1-13(2,20(3,17)18)10-15-11-4-7-16(8-5-11)12-14-6-9-19-12/h6,9,11,15H,4-5,7-8,10H2,1-3H3. The van der Waals surface area contributed by atoms with Gasteiger partial charge in [0.1, 0.15) is 0 Å². The summed E-state index contributed by atoms with van der Waals surface area (Å²) in [5.74, 6) is 0. The number of sulfone groups is 1. The monoisotopic (exact) mass is 317 g/mol. The van der Waals surface area contributed by atoms with Gasteiger partial charge in [0.15, 0.2) is 15.0 Å². The van der Waals surface area contributed by atoms with Crippen LogP contribution < -0.4 is 10.2 Å². The van der Waals surface area contributed by atoms with Gasteiger partial charge in [-0.05, 0) is 26.7 Å². The van der Waals surface area contributed by atoms with Gasteiger partial charge in [-0.1, -0.05) is 0 Å². The SMILES string of the molecule is CC(C)(CNC1CCN(c2nccs2)CC1)S(C)(=O)=O. The highest BCUT2D eigenvalue weighted by molar-refractivity contribution is 7.92. The van der Waals surface area contributed by atoms with Crippen molar-refractivity contribution < 1.29 is 8.42 Å². The van der Waals surface area contributed by atoms with E-state index in [1.54, 1.807) is 25.2 Å². The van der Waals surface area contributed by atoms with E-state index in [9.17, 15) is 8.42 Å². The number of aromatic nitrogens is 1. The fourth-order valence-electron chi connectivity index (χ4n) is 2.17. The summed E-state index contributed by atoms with van der Waals surface area (Å²) < 4.78 is 22.6. The van der Waals surface area contributed by atoms with Crippen molar-refractivity contribution in [2.45, 2.75) is 37.5 Å². The molecule has 2 rings (SSSR count). The highest BCUT2D eigenvalue weighted by Crippen LogP contribution is 2.22. The van der Waals surface area contributed by atoms with Crippen LogP contribution in [0.3, 0.4) is 0 Å². The number of rotatable bonds is 5. The van der Waals surface area contributed by atoms with Crippen LogP contribution in [0.4, 0.5) is 5.13 Å². The van der Waals surface area contributed by atoms with E-state index in [0.29, 0.717) is 12.6 Å². The number of piperidine rings is 1. The number of thiazole rings is 1. The van der Waals surface area contributed by atoms with Crippen LogP contribution in [0.25, 0.3) is 0 Å². The minimum absolute atomic E-state index is 0.396. The predicted molar refractivity (Wildman–Crippen MR) is 84.3 cm³/mol. The van der Waals surface area contributed by atoms with E-state index in [0.717, 1.165) is 31.1 Å². The highest BCUT2D eigenvalue weighted by Gasteiger charge is 2.31. The molecule has 0 aromatic carbocycles. The zero-order chi connectivity index (χ0) is 14.8. The molecule has 0 aliphatic carbocycles. The van der Waals surface area contributed by atoms with Crippen LogP contribution in [-0.4, -0.2) is 50.1 Å². The van der Waals surface area contributed by atoms with Crippen molar-refractivity contribution in [2.75, 3.05) is 30.8 Å². The molecule has 114 valence electrons. The van der Waals surface area contributed by atoms with Crippen LogP contribution in [0.1, 0.15) is 26.7 Å². The summed E-state index contributed by atoms with van der Waals surface area (Å²) in [6.07, 6.45) is 5.19. The Bertz CT molecular complexity index is 518. The van der Waals surface area contributed by atoms with Gasteiger partial charge in [0.25, 0.3) is 0 Å². The Kier molecular flexibility index (Phi) is 4.71.